The van der Waals surface area contributed by atoms with Crippen LogP contribution in [0, 0.1) is 11.8 Å². The molecule has 96 valence electrons. The van der Waals surface area contributed by atoms with Crippen LogP contribution >= 0.6 is 0 Å². The summed E-state index contributed by atoms with van der Waals surface area (Å²) in [5.74, 6) is -0.406. The zero-order valence-electron chi connectivity index (χ0n) is 10.4. The van der Waals surface area contributed by atoms with Crippen molar-refractivity contribution in [2.24, 2.45) is 17.6 Å². The number of carbonyl (C=O) groups is 1. The van der Waals surface area contributed by atoms with E-state index in [1.54, 1.807) is 0 Å². The zero-order valence-corrected chi connectivity index (χ0v) is 10.4. The van der Waals surface area contributed by atoms with Crippen LogP contribution in [0.1, 0.15) is 39.5 Å². The molecular weight excluding hydrogens is 206 g/mol. The van der Waals surface area contributed by atoms with Gasteiger partial charge in [0, 0.05) is 13.2 Å². The molecule has 0 aromatic carbocycles. The third-order valence-corrected chi connectivity index (χ3v) is 2.56. The summed E-state index contributed by atoms with van der Waals surface area (Å²) in [6.45, 7) is 6.10. The Kier molecular flexibility index (Phi) is 9.24. The molecule has 0 rings (SSSR count). The average molecular weight is 231 g/mol. The molecule has 4 nitrogen and oxygen atoms in total. The third-order valence-electron chi connectivity index (χ3n) is 2.56. The van der Waals surface area contributed by atoms with E-state index in [9.17, 15) is 4.79 Å². The van der Waals surface area contributed by atoms with Crippen molar-refractivity contribution in [3.8, 4) is 0 Å². The van der Waals surface area contributed by atoms with Gasteiger partial charge >= 0.3 is 5.97 Å². The van der Waals surface area contributed by atoms with E-state index < -0.39 is 5.97 Å². The first kappa shape index (κ1) is 15.4. The molecule has 0 aliphatic heterocycles. The van der Waals surface area contributed by atoms with Crippen LogP contribution in [0.25, 0.3) is 0 Å². The smallest absolute Gasteiger partial charge is 0.306 e. The van der Waals surface area contributed by atoms with Crippen molar-refractivity contribution in [2.45, 2.75) is 39.5 Å². The Hall–Kier alpha value is -0.610. The number of rotatable bonds is 10. The van der Waals surface area contributed by atoms with Crippen LogP contribution in [0.5, 0.6) is 0 Å². The molecule has 0 amide bonds. The molecular formula is C12H25NO3. The lowest BCUT2D eigenvalue weighted by Gasteiger charge is -2.12. The predicted octanol–water partition coefficient (Wildman–Crippen LogP) is 1.88. The zero-order chi connectivity index (χ0) is 12.4. The summed E-state index contributed by atoms with van der Waals surface area (Å²) in [6.07, 6.45) is 3.04. The van der Waals surface area contributed by atoms with Crippen molar-refractivity contribution in [1.82, 2.24) is 0 Å². The van der Waals surface area contributed by atoms with Crippen molar-refractivity contribution in [1.29, 1.82) is 0 Å². The summed E-state index contributed by atoms with van der Waals surface area (Å²) < 4.78 is 5.41. The lowest BCUT2D eigenvalue weighted by molar-refractivity contribution is -0.142. The van der Waals surface area contributed by atoms with Gasteiger partial charge in [-0.2, -0.15) is 0 Å². The van der Waals surface area contributed by atoms with Gasteiger partial charge in [-0.05, 0) is 38.1 Å². The van der Waals surface area contributed by atoms with Crippen LogP contribution in [0.4, 0.5) is 0 Å². The van der Waals surface area contributed by atoms with E-state index in [0.29, 0.717) is 31.9 Å². The summed E-state index contributed by atoms with van der Waals surface area (Å²) >= 11 is 0. The number of nitrogens with two attached hydrogens (primary N) is 1. The van der Waals surface area contributed by atoms with Gasteiger partial charge in [0.1, 0.15) is 0 Å². The van der Waals surface area contributed by atoms with Crippen LogP contribution in [0.15, 0.2) is 0 Å². The lowest BCUT2D eigenvalue weighted by atomic mass is 10.0. The Morgan fingerprint density at radius 3 is 2.38 bits per heavy atom. The van der Waals surface area contributed by atoms with Gasteiger partial charge in [-0.1, -0.05) is 13.8 Å². The Labute approximate surface area is 98.2 Å². The molecule has 4 heteroatoms. The topological polar surface area (TPSA) is 72.5 Å². The molecule has 1 atom stereocenters. The second-order valence-corrected chi connectivity index (χ2v) is 4.55. The normalized spacial score (nSPS) is 13.0. The second kappa shape index (κ2) is 9.60. The highest BCUT2D eigenvalue weighted by atomic mass is 16.5. The molecule has 3 N–H and O–H groups in total. The van der Waals surface area contributed by atoms with Crippen molar-refractivity contribution in [3.63, 3.8) is 0 Å². The van der Waals surface area contributed by atoms with E-state index in [-0.39, 0.29) is 5.92 Å². The van der Waals surface area contributed by atoms with Gasteiger partial charge in [0.2, 0.25) is 0 Å². The van der Waals surface area contributed by atoms with E-state index in [2.05, 4.69) is 13.8 Å². The van der Waals surface area contributed by atoms with E-state index in [1.165, 1.54) is 0 Å². The minimum Gasteiger partial charge on any atom is -0.481 e. The molecule has 0 fully saturated rings. The largest absolute Gasteiger partial charge is 0.481 e. The summed E-state index contributed by atoms with van der Waals surface area (Å²) in [5, 5.41) is 8.95. The highest BCUT2D eigenvalue weighted by molar-refractivity contribution is 5.69. The minimum absolute atomic E-state index is 0.303. The summed E-state index contributed by atoms with van der Waals surface area (Å²) in [6, 6.07) is 0. The quantitative estimate of drug-likeness (QED) is 0.563. The number of ether oxygens (including phenoxy) is 1. The molecule has 16 heavy (non-hydrogen) atoms. The van der Waals surface area contributed by atoms with Gasteiger partial charge in [0.05, 0.1) is 5.92 Å². The summed E-state index contributed by atoms with van der Waals surface area (Å²) in [5.41, 5.74) is 5.36. The van der Waals surface area contributed by atoms with Gasteiger partial charge < -0.3 is 15.6 Å². The molecule has 0 saturated heterocycles. The van der Waals surface area contributed by atoms with Gasteiger partial charge in [0.25, 0.3) is 0 Å². The van der Waals surface area contributed by atoms with Crippen LogP contribution < -0.4 is 5.73 Å². The fourth-order valence-electron chi connectivity index (χ4n) is 1.40. The molecule has 0 radical (unpaired) electrons. The summed E-state index contributed by atoms with van der Waals surface area (Å²) in [7, 11) is 0. The van der Waals surface area contributed by atoms with E-state index in [0.717, 1.165) is 19.4 Å². The van der Waals surface area contributed by atoms with Crippen LogP contribution in [-0.4, -0.2) is 30.8 Å². The molecule has 0 bridgehead atoms. The molecule has 0 aliphatic rings. The maximum absolute atomic E-state index is 10.9. The monoisotopic (exact) mass is 231 g/mol. The van der Waals surface area contributed by atoms with Crippen molar-refractivity contribution >= 4 is 5.97 Å². The number of hydrogen-bond donors (Lipinski definition) is 2. The first-order valence-electron chi connectivity index (χ1n) is 6.08. The Balaban J connectivity index is 3.56. The van der Waals surface area contributed by atoms with Crippen molar-refractivity contribution < 1.29 is 14.6 Å². The Morgan fingerprint density at radius 1 is 1.25 bits per heavy atom. The van der Waals surface area contributed by atoms with Crippen LogP contribution in [0.2, 0.25) is 0 Å². The molecule has 0 aliphatic carbocycles. The molecule has 1 unspecified atom stereocenters. The first-order chi connectivity index (χ1) is 7.57. The van der Waals surface area contributed by atoms with Crippen molar-refractivity contribution in [2.75, 3.05) is 19.8 Å². The third kappa shape index (κ3) is 8.68. The van der Waals surface area contributed by atoms with E-state index in [4.69, 9.17) is 15.6 Å². The van der Waals surface area contributed by atoms with Gasteiger partial charge in [0.15, 0.2) is 0 Å². The standard InChI is InChI=1S/C12H25NO3/c1-10(2)5-8-16-9-6-11(12(14)15)4-3-7-13/h10-11H,3-9,13H2,1-2H3,(H,14,15). The number of carboxylic acids is 1. The van der Waals surface area contributed by atoms with Gasteiger partial charge in [-0.3, -0.25) is 4.79 Å². The highest BCUT2D eigenvalue weighted by Crippen LogP contribution is 2.11. The van der Waals surface area contributed by atoms with Crippen LogP contribution in [-0.2, 0) is 9.53 Å². The predicted molar refractivity (Wildman–Crippen MR) is 64.3 cm³/mol. The van der Waals surface area contributed by atoms with Gasteiger partial charge in [-0.25, -0.2) is 0 Å². The SMILES string of the molecule is CC(C)CCOCCC(CCCN)C(=O)O. The number of carboxylic acid groups (broad SMARTS) is 1. The van der Waals surface area contributed by atoms with Crippen molar-refractivity contribution in [3.05, 3.63) is 0 Å². The average Bonchev–Trinajstić information content (AvgIpc) is 2.21. The van der Waals surface area contributed by atoms with Gasteiger partial charge in [-0.15, -0.1) is 0 Å². The fourth-order valence-corrected chi connectivity index (χ4v) is 1.40. The maximum atomic E-state index is 10.9. The lowest BCUT2D eigenvalue weighted by Crippen LogP contribution is -2.17. The highest BCUT2D eigenvalue weighted by Gasteiger charge is 2.16. The number of hydrogen-bond acceptors (Lipinski definition) is 3. The molecule has 0 aromatic rings. The Bertz CT molecular complexity index is 183. The second-order valence-electron chi connectivity index (χ2n) is 4.55. The summed E-state index contributed by atoms with van der Waals surface area (Å²) in [4.78, 5) is 10.9. The van der Waals surface area contributed by atoms with E-state index >= 15 is 0 Å². The molecule has 0 heterocycles. The Morgan fingerprint density at radius 2 is 1.88 bits per heavy atom. The first-order valence-corrected chi connectivity index (χ1v) is 6.08. The molecule has 0 saturated carbocycles. The van der Waals surface area contributed by atoms with E-state index in [1.807, 2.05) is 0 Å². The fraction of sp³-hybridized carbons (Fsp3) is 0.917. The maximum Gasteiger partial charge on any atom is 0.306 e. The number of aliphatic carboxylic acids is 1. The minimum atomic E-state index is -0.735. The molecule has 0 spiro atoms. The molecule has 0 aromatic heterocycles. The van der Waals surface area contributed by atoms with Crippen LogP contribution in [0.3, 0.4) is 0 Å².